The van der Waals surface area contributed by atoms with Crippen molar-refractivity contribution in [2.45, 2.75) is 25.4 Å². The number of nitrogens with zero attached hydrogens (tertiary/aromatic N) is 4. The lowest BCUT2D eigenvalue weighted by Gasteiger charge is -2.15. The molecular weight excluding hydrogens is 206 g/mol. The molecule has 1 saturated carbocycles. The molecule has 0 radical (unpaired) electrons. The van der Waals surface area contributed by atoms with Crippen molar-refractivity contribution in [3.05, 3.63) is 12.2 Å². The van der Waals surface area contributed by atoms with Crippen molar-refractivity contribution in [2.75, 3.05) is 13.6 Å². The quantitative estimate of drug-likeness (QED) is 0.732. The van der Waals surface area contributed by atoms with Crippen molar-refractivity contribution in [3.63, 3.8) is 0 Å². The van der Waals surface area contributed by atoms with Crippen LogP contribution in [-0.4, -0.2) is 45.2 Å². The zero-order chi connectivity index (χ0) is 11.5. The average molecular weight is 223 g/mol. The third kappa shape index (κ3) is 2.79. The lowest BCUT2D eigenvalue weighted by molar-refractivity contribution is -0.129. The van der Waals surface area contributed by atoms with Gasteiger partial charge >= 0.3 is 0 Å². The molecule has 1 N–H and O–H groups in total. The molecule has 6 nitrogen and oxygen atoms in total. The van der Waals surface area contributed by atoms with Gasteiger partial charge in [0.05, 0.1) is 13.1 Å². The van der Waals surface area contributed by atoms with Gasteiger partial charge in [-0.2, -0.15) is 5.10 Å². The average Bonchev–Trinajstić information content (AvgIpc) is 3.02. The zero-order valence-electron chi connectivity index (χ0n) is 9.68. The predicted octanol–water partition coefficient (Wildman–Crippen LogP) is -0.474. The fourth-order valence-electron chi connectivity index (χ4n) is 1.54. The van der Waals surface area contributed by atoms with E-state index in [-0.39, 0.29) is 5.91 Å². The SMILES string of the molecule is CN(C(=O)CNCc1ncn(C)n1)C1CC1. The highest BCUT2D eigenvalue weighted by atomic mass is 16.2. The Morgan fingerprint density at radius 2 is 2.44 bits per heavy atom. The van der Waals surface area contributed by atoms with E-state index in [2.05, 4.69) is 15.4 Å². The van der Waals surface area contributed by atoms with Gasteiger partial charge in [0.2, 0.25) is 5.91 Å². The molecule has 1 aromatic rings. The van der Waals surface area contributed by atoms with Crippen LogP contribution >= 0.6 is 0 Å². The number of hydrogen-bond donors (Lipinski definition) is 1. The van der Waals surface area contributed by atoms with Crippen molar-refractivity contribution >= 4 is 5.91 Å². The normalized spacial score (nSPS) is 15.1. The van der Waals surface area contributed by atoms with Gasteiger partial charge in [0.1, 0.15) is 6.33 Å². The fourth-order valence-corrected chi connectivity index (χ4v) is 1.54. The van der Waals surface area contributed by atoms with Crippen LogP contribution in [0, 0.1) is 0 Å². The summed E-state index contributed by atoms with van der Waals surface area (Å²) in [6.07, 6.45) is 3.93. The third-order valence-electron chi connectivity index (χ3n) is 2.69. The molecule has 2 rings (SSSR count). The third-order valence-corrected chi connectivity index (χ3v) is 2.69. The highest BCUT2D eigenvalue weighted by Crippen LogP contribution is 2.24. The maximum atomic E-state index is 11.6. The van der Waals surface area contributed by atoms with Gasteiger partial charge in [0.15, 0.2) is 5.82 Å². The molecule has 1 aliphatic carbocycles. The minimum atomic E-state index is 0.137. The minimum absolute atomic E-state index is 0.137. The molecule has 88 valence electrons. The first-order valence-corrected chi connectivity index (χ1v) is 5.47. The maximum Gasteiger partial charge on any atom is 0.236 e. The Labute approximate surface area is 94.6 Å². The topological polar surface area (TPSA) is 63.1 Å². The smallest absolute Gasteiger partial charge is 0.236 e. The summed E-state index contributed by atoms with van der Waals surface area (Å²) >= 11 is 0. The monoisotopic (exact) mass is 223 g/mol. The number of amides is 1. The van der Waals surface area contributed by atoms with Crippen LogP contribution in [0.2, 0.25) is 0 Å². The molecular formula is C10H17N5O. The molecule has 0 spiro atoms. The number of nitrogens with one attached hydrogen (secondary N) is 1. The van der Waals surface area contributed by atoms with Crippen molar-refractivity contribution in [2.24, 2.45) is 7.05 Å². The van der Waals surface area contributed by atoms with Crippen molar-refractivity contribution in [1.29, 1.82) is 0 Å². The molecule has 0 atom stereocenters. The van der Waals surface area contributed by atoms with E-state index >= 15 is 0 Å². The Bertz CT molecular complexity index is 371. The van der Waals surface area contributed by atoms with Gasteiger partial charge in [-0.3, -0.25) is 9.48 Å². The highest BCUT2D eigenvalue weighted by molar-refractivity contribution is 5.78. The van der Waals surface area contributed by atoms with E-state index in [1.807, 2.05) is 19.0 Å². The lowest BCUT2D eigenvalue weighted by atomic mass is 10.4. The Balaban J connectivity index is 1.69. The van der Waals surface area contributed by atoms with Crippen LogP contribution in [0.5, 0.6) is 0 Å². The van der Waals surface area contributed by atoms with Crippen LogP contribution < -0.4 is 5.32 Å². The van der Waals surface area contributed by atoms with Crippen LogP contribution in [0.3, 0.4) is 0 Å². The first-order chi connectivity index (χ1) is 7.66. The van der Waals surface area contributed by atoms with Gasteiger partial charge in [-0.15, -0.1) is 0 Å². The fraction of sp³-hybridized carbons (Fsp3) is 0.700. The maximum absolute atomic E-state index is 11.6. The summed E-state index contributed by atoms with van der Waals surface area (Å²) in [7, 11) is 3.68. The van der Waals surface area contributed by atoms with E-state index in [0.29, 0.717) is 25.0 Å². The molecule has 0 bridgehead atoms. The van der Waals surface area contributed by atoms with Gasteiger partial charge in [0.25, 0.3) is 0 Å². The number of carbonyl (C=O) groups is 1. The molecule has 0 aliphatic heterocycles. The van der Waals surface area contributed by atoms with Crippen LogP contribution in [0.4, 0.5) is 0 Å². The molecule has 0 aromatic carbocycles. The molecule has 6 heteroatoms. The van der Waals surface area contributed by atoms with E-state index in [9.17, 15) is 4.79 Å². The number of rotatable bonds is 5. The van der Waals surface area contributed by atoms with Crippen molar-refractivity contribution in [1.82, 2.24) is 25.0 Å². The second-order valence-electron chi connectivity index (χ2n) is 4.17. The van der Waals surface area contributed by atoms with Crippen LogP contribution in [0.1, 0.15) is 18.7 Å². The molecule has 1 amide bonds. The largest absolute Gasteiger partial charge is 0.342 e. The van der Waals surface area contributed by atoms with E-state index in [1.165, 1.54) is 0 Å². The van der Waals surface area contributed by atoms with Gasteiger partial charge in [-0.1, -0.05) is 0 Å². The number of likely N-dealkylation sites (N-methyl/N-ethyl adjacent to an activating group) is 1. The summed E-state index contributed by atoms with van der Waals surface area (Å²) in [4.78, 5) is 17.5. The molecule has 1 aliphatic rings. The Morgan fingerprint density at radius 1 is 1.69 bits per heavy atom. The highest BCUT2D eigenvalue weighted by Gasteiger charge is 2.28. The van der Waals surface area contributed by atoms with E-state index < -0.39 is 0 Å². The Kier molecular flexibility index (Phi) is 3.19. The predicted molar refractivity (Wildman–Crippen MR) is 58.5 cm³/mol. The molecule has 0 saturated heterocycles. The molecule has 1 aromatic heterocycles. The molecule has 1 heterocycles. The summed E-state index contributed by atoms with van der Waals surface area (Å²) in [5, 5.41) is 7.17. The van der Waals surface area contributed by atoms with Crippen LogP contribution in [0.25, 0.3) is 0 Å². The summed E-state index contributed by atoms with van der Waals surface area (Å²) < 4.78 is 1.65. The van der Waals surface area contributed by atoms with Gasteiger partial charge in [-0.25, -0.2) is 4.98 Å². The van der Waals surface area contributed by atoms with Crippen molar-refractivity contribution in [3.8, 4) is 0 Å². The standard InChI is InChI=1S/C10H17N5O/c1-14-7-12-9(13-14)5-11-6-10(16)15(2)8-3-4-8/h7-8,11H,3-6H2,1-2H3. The molecule has 0 unspecified atom stereocenters. The first kappa shape index (κ1) is 11.1. The lowest BCUT2D eigenvalue weighted by Crippen LogP contribution is -2.36. The van der Waals surface area contributed by atoms with E-state index in [0.717, 1.165) is 12.8 Å². The zero-order valence-corrected chi connectivity index (χ0v) is 9.68. The van der Waals surface area contributed by atoms with Crippen molar-refractivity contribution < 1.29 is 4.79 Å². The van der Waals surface area contributed by atoms with Gasteiger partial charge < -0.3 is 10.2 Å². The number of aryl methyl sites for hydroxylation is 1. The summed E-state index contributed by atoms with van der Waals surface area (Å²) in [6, 6.07) is 0.474. The molecule has 16 heavy (non-hydrogen) atoms. The Morgan fingerprint density at radius 3 is 3.00 bits per heavy atom. The van der Waals surface area contributed by atoms with Gasteiger partial charge in [-0.05, 0) is 12.8 Å². The second kappa shape index (κ2) is 4.61. The number of hydrogen-bond acceptors (Lipinski definition) is 4. The van der Waals surface area contributed by atoms with Gasteiger partial charge in [0, 0.05) is 20.1 Å². The summed E-state index contributed by atoms with van der Waals surface area (Å²) in [5.41, 5.74) is 0. The summed E-state index contributed by atoms with van der Waals surface area (Å²) in [6.45, 7) is 0.885. The van der Waals surface area contributed by atoms with Crippen LogP contribution in [-0.2, 0) is 18.4 Å². The minimum Gasteiger partial charge on any atom is -0.342 e. The van der Waals surface area contributed by atoms with Crippen LogP contribution in [0.15, 0.2) is 6.33 Å². The molecule has 1 fully saturated rings. The van der Waals surface area contributed by atoms with E-state index in [4.69, 9.17) is 0 Å². The summed E-state index contributed by atoms with van der Waals surface area (Å²) in [5.74, 6) is 0.850. The van der Waals surface area contributed by atoms with E-state index in [1.54, 1.807) is 11.0 Å². The Hall–Kier alpha value is -1.43. The number of aromatic nitrogens is 3. The number of carbonyl (C=O) groups excluding carboxylic acids is 1. The second-order valence-corrected chi connectivity index (χ2v) is 4.17. The first-order valence-electron chi connectivity index (χ1n) is 5.47.